The summed E-state index contributed by atoms with van der Waals surface area (Å²) in [5, 5.41) is 5.58. The van der Waals surface area contributed by atoms with Crippen LogP contribution in [0.5, 0.6) is 0 Å². The fourth-order valence-electron chi connectivity index (χ4n) is 3.10. The zero-order valence-electron chi connectivity index (χ0n) is 15.9. The van der Waals surface area contributed by atoms with E-state index in [1.807, 2.05) is 4.90 Å². The van der Waals surface area contributed by atoms with Gasteiger partial charge in [-0.2, -0.15) is 0 Å². The molecule has 2 aromatic carbocycles. The third kappa shape index (κ3) is 5.96. The van der Waals surface area contributed by atoms with Gasteiger partial charge < -0.3 is 10.2 Å². The third-order valence-corrected chi connectivity index (χ3v) is 4.79. The molecule has 0 unspecified atom stereocenters. The summed E-state index contributed by atoms with van der Waals surface area (Å²) in [4.78, 5) is 26.7. The van der Waals surface area contributed by atoms with Crippen LogP contribution in [-0.2, 0) is 4.79 Å². The van der Waals surface area contributed by atoms with Gasteiger partial charge in [0.1, 0.15) is 5.82 Å². The van der Waals surface area contributed by atoms with Crippen LogP contribution in [-0.4, -0.2) is 34.9 Å². The van der Waals surface area contributed by atoms with Crippen molar-refractivity contribution in [3.8, 4) is 0 Å². The number of para-hydroxylation sites is 1. The van der Waals surface area contributed by atoms with Gasteiger partial charge in [0.25, 0.3) is 5.91 Å². The number of hydrogen-bond acceptors (Lipinski definition) is 3. The van der Waals surface area contributed by atoms with Crippen molar-refractivity contribution in [2.24, 2.45) is 0 Å². The van der Waals surface area contributed by atoms with Gasteiger partial charge in [0.15, 0.2) is 5.11 Å². The largest absolute Gasteiger partial charge is 0.339 e. The van der Waals surface area contributed by atoms with Crippen LogP contribution in [0.2, 0.25) is 0 Å². The number of carbonyl (C=O) groups is 2. The Labute approximate surface area is 174 Å². The van der Waals surface area contributed by atoms with Crippen molar-refractivity contribution in [3.05, 3.63) is 71.6 Å². The molecule has 0 saturated carbocycles. The summed E-state index contributed by atoms with van der Waals surface area (Å²) < 4.78 is 12.9. The second kappa shape index (κ2) is 9.93. The van der Waals surface area contributed by atoms with E-state index < -0.39 is 5.91 Å². The number of nitrogens with one attached hydrogen (secondary N) is 2. The first-order chi connectivity index (χ1) is 14.0. The molecule has 5 nitrogen and oxygen atoms in total. The Balaban J connectivity index is 1.61. The van der Waals surface area contributed by atoms with E-state index in [-0.39, 0.29) is 16.8 Å². The molecule has 2 amide bonds. The van der Waals surface area contributed by atoms with Crippen LogP contribution in [0.15, 0.2) is 54.6 Å². The molecule has 1 aliphatic heterocycles. The molecule has 0 radical (unpaired) electrons. The molecule has 1 fully saturated rings. The number of halogens is 1. The van der Waals surface area contributed by atoms with Crippen molar-refractivity contribution in [1.29, 1.82) is 0 Å². The number of anilines is 1. The topological polar surface area (TPSA) is 61.4 Å². The predicted molar refractivity (Wildman–Crippen MR) is 116 cm³/mol. The monoisotopic (exact) mass is 411 g/mol. The minimum atomic E-state index is -0.424. The van der Waals surface area contributed by atoms with Gasteiger partial charge in [-0.25, -0.2) is 4.39 Å². The van der Waals surface area contributed by atoms with Gasteiger partial charge in [0.2, 0.25) is 5.91 Å². The van der Waals surface area contributed by atoms with E-state index >= 15 is 0 Å². The van der Waals surface area contributed by atoms with Gasteiger partial charge >= 0.3 is 0 Å². The highest BCUT2D eigenvalue weighted by Crippen LogP contribution is 2.20. The Morgan fingerprint density at radius 2 is 1.69 bits per heavy atom. The number of likely N-dealkylation sites (tertiary alicyclic amines) is 1. The quantitative estimate of drug-likeness (QED) is 0.590. The summed E-state index contributed by atoms with van der Waals surface area (Å²) in [6.07, 6.45) is 6.04. The van der Waals surface area contributed by atoms with Crippen molar-refractivity contribution in [2.75, 3.05) is 18.4 Å². The van der Waals surface area contributed by atoms with Crippen LogP contribution in [0.3, 0.4) is 0 Å². The average Bonchev–Trinajstić information content (AvgIpc) is 2.74. The SMILES string of the molecule is O=C(/C=C/c1ccc(F)cc1)NC(=S)Nc1ccccc1C(=O)N1CCCCC1. The van der Waals surface area contributed by atoms with Gasteiger partial charge in [-0.1, -0.05) is 24.3 Å². The summed E-state index contributed by atoms with van der Waals surface area (Å²) >= 11 is 5.21. The highest BCUT2D eigenvalue weighted by Gasteiger charge is 2.20. The molecule has 0 spiro atoms. The Morgan fingerprint density at radius 1 is 1.00 bits per heavy atom. The molecule has 150 valence electrons. The number of amides is 2. The number of piperidine rings is 1. The van der Waals surface area contributed by atoms with Crippen molar-refractivity contribution >= 4 is 40.9 Å². The maximum atomic E-state index is 12.9. The molecule has 1 aliphatic rings. The van der Waals surface area contributed by atoms with Gasteiger partial charge in [-0.05, 0) is 67.4 Å². The highest BCUT2D eigenvalue weighted by atomic mass is 32.1. The summed E-state index contributed by atoms with van der Waals surface area (Å²) in [7, 11) is 0. The van der Waals surface area contributed by atoms with Gasteiger partial charge in [0, 0.05) is 19.2 Å². The van der Waals surface area contributed by atoms with E-state index in [1.165, 1.54) is 18.2 Å². The van der Waals surface area contributed by atoms with Crippen LogP contribution in [0.4, 0.5) is 10.1 Å². The lowest BCUT2D eigenvalue weighted by Crippen LogP contribution is -2.37. The predicted octanol–water partition coefficient (Wildman–Crippen LogP) is 3.98. The van der Waals surface area contributed by atoms with Crippen LogP contribution in [0, 0.1) is 5.82 Å². The summed E-state index contributed by atoms with van der Waals surface area (Å²) in [6.45, 7) is 1.51. The molecule has 7 heteroatoms. The lowest BCUT2D eigenvalue weighted by Gasteiger charge is -2.27. The molecule has 2 aromatic rings. The average molecular weight is 412 g/mol. The fourth-order valence-corrected chi connectivity index (χ4v) is 3.31. The number of hydrogen-bond donors (Lipinski definition) is 2. The molecule has 29 heavy (non-hydrogen) atoms. The maximum Gasteiger partial charge on any atom is 0.255 e. The van der Waals surface area contributed by atoms with E-state index in [9.17, 15) is 14.0 Å². The standard InChI is InChI=1S/C22H22FN3O2S/c23-17-11-8-16(9-12-17)10-13-20(27)25-22(29)24-19-7-3-2-6-18(19)21(28)26-14-4-1-5-15-26/h2-3,6-13H,1,4-5,14-15H2,(H2,24,25,27,29)/b13-10+. The van der Waals surface area contributed by atoms with Crippen molar-refractivity contribution in [2.45, 2.75) is 19.3 Å². The number of thiocarbonyl (C=S) groups is 1. The van der Waals surface area contributed by atoms with Crippen LogP contribution in [0.25, 0.3) is 6.08 Å². The summed E-state index contributed by atoms with van der Waals surface area (Å²) in [6, 6.07) is 12.9. The first-order valence-corrected chi connectivity index (χ1v) is 9.88. The zero-order valence-corrected chi connectivity index (χ0v) is 16.7. The summed E-state index contributed by atoms with van der Waals surface area (Å²) in [5.41, 5.74) is 1.77. The minimum Gasteiger partial charge on any atom is -0.339 e. The molecule has 0 aliphatic carbocycles. The molecule has 1 saturated heterocycles. The number of benzene rings is 2. The minimum absolute atomic E-state index is 0.0434. The summed E-state index contributed by atoms with van der Waals surface area (Å²) in [5.74, 6) is -0.806. The van der Waals surface area contributed by atoms with Crippen LogP contribution >= 0.6 is 12.2 Å². The first kappa shape index (κ1) is 20.7. The maximum absolute atomic E-state index is 12.9. The third-order valence-electron chi connectivity index (χ3n) is 4.58. The van der Waals surface area contributed by atoms with Gasteiger partial charge in [-0.15, -0.1) is 0 Å². The molecule has 0 aromatic heterocycles. The Morgan fingerprint density at radius 3 is 2.41 bits per heavy atom. The zero-order chi connectivity index (χ0) is 20.6. The smallest absolute Gasteiger partial charge is 0.255 e. The molecule has 3 rings (SSSR count). The number of rotatable bonds is 4. The number of carbonyl (C=O) groups excluding carboxylic acids is 2. The van der Waals surface area contributed by atoms with E-state index in [2.05, 4.69) is 10.6 Å². The number of nitrogens with zero attached hydrogens (tertiary/aromatic N) is 1. The highest BCUT2D eigenvalue weighted by molar-refractivity contribution is 7.80. The molecular weight excluding hydrogens is 389 g/mol. The lowest BCUT2D eigenvalue weighted by molar-refractivity contribution is -0.115. The van der Waals surface area contributed by atoms with E-state index in [0.29, 0.717) is 16.8 Å². The lowest BCUT2D eigenvalue weighted by atomic mass is 10.1. The van der Waals surface area contributed by atoms with Crippen molar-refractivity contribution < 1.29 is 14.0 Å². The van der Waals surface area contributed by atoms with Crippen LogP contribution < -0.4 is 10.6 Å². The molecule has 0 atom stereocenters. The van der Waals surface area contributed by atoms with Crippen molar-refractivity contribution in [1.82, 2.24) is 10.2 Å². The molecule has 1 heterocycles. The Bertz CT molecular complexity index is 922. The fraction of sp³-hybridized carbons (Fsp3) is 0.227. The Kier molecular flexibility index (Phi) is 7.08. The molecular formula is C22H22FN3O2S. The van der Waals surface area contributed by atoms with Gasteiger partial charge in [0.05, 0.1) is 11.3 Å². The van der Waals surface area contributed by atoms with E-state index in [0.717, 1.165) is 32.4 Å². The second-order valence-electron chi connectivity index (χ2n) is 6.73. The van der Waals surface area contributed by atoms with Gasteiger partial charge in [-0.3, -0.25) is 14.9 Å². The van der Waals surface area contributed by atoms with E-state index in [1.54, 1.807) is 42.5 Å². The second-order valence-corrected chi connectivity index (χ2v) is 7.13. The van der Waals surface area contributed by atoms with Crippen molar-refractivity contribution in [3.63, 3.8) is 0 Å². The first-order valence-electron chi connectivity index (χ1n) is 9.47. The Hall–Kier alpha value is -3.06. The molecule has 2 N–H and O–H groups in total. The van der Waals surface area contributed by atoms with E-state index in [4.69, 9.17) is 12.2 Å². The normalized spacial score (nSPS) is 13.9. The molecule has 0 bridgehead atoms. The van der Waals surface area contributed by atoms with Crippen LogP contribution in [0.1, 0.15) is 35.2 Å².